The van der Waals surface area contributed by atoms with Crippen LogP contribution in [0.1, 0.15) is 12.8 Å². The fraction of sp³-hybridized carbons (Fsp3) is 0.571. The van der Waals surface area contributed by atoms with Crippen molar-refractivity contribution in [2.24, 2.45) is 0 Å². The zero-order valence-electron chi connectivity index (χ0n) is 11.1. The van der Waals surface area contributed by atoms with Crippen LogP contribution in [0.5, 0.6) is 5.75 Å². The highest BCUT2D eigenvalue weighted by molar-refractivity contribution is 5.65. The van der Waals surface area contributed by atoms with Crippen molar-refractivity contribution in [1.82, 2.24) is 10.2 Å². The zero-order valence-corrected chi connectivity index (χ0v) is 11.1. The van der Waals surface area contributed by atoms with Gasteiger partial charge in [0.2, 0.25) is 0 Å². The maximum Gasteiger partial charge on any atom is 0.121 e. The smallest absolute Gasteiger partial charge is 0.121 e. The summed E-state index contributed by atoms with van der Waals surface area (Å²) < 4.78 is 5.99. The topological polar surface area (TPSA) is 76.5 Å². The standard InChI is InChI=1S/C14H22N4O/c15-13-2-1-12(7-14(13)16)19-11-3-5-18(6-4-11)10-8-17-9-10/h1-2,7,10-11,17H,3-6,8-9,15-16H2. The molecule has 0 unspecified atom stereocenters. The molecular weight excluding hydrogens is 240 g/mol. The molecule has 0 spiro atoms. The van der Waals surface area contributed by atoms with Crippen LogP contribution < -0.4 is 21.5 Å². The summed E-state index contributed by atoms with van der Waals surface area (Å²) in [7, 11) is 0. The van der Waals surface area contributed by atoms with Gasteiger partial charge in [-0.15, -0.1) is 0 Å². The highest BCUT2D eigenvalue weighted by atomic mass is 16.5. The van der Waals surface area contributed by atoms with Crippen LogP contribution in [0.2, 0.25) is 0 Å². The molecule has 2 saturated heterocycles. The van der Waals surface area contributed by atoms with Crippen LogP contribution in [0.4, 0.5) is 11.4 Å². The molecule has 1 aromatic rings. The Bertz CT molecular complexity index is 439. The summed E-state index contributed by atoms with van der Waals surface area (Å²) in [5, 5.41) is 3.32. The molecule has 2 heterocycles. The summed E-state index contributed by atoms with van der Waals surface area (Å²) in [5.74, 6) is 0.829. The predicted octanol–water partition coefficient (Wildman–Crippen LogP) is 0.666. The number of anilines is 2. The summed E-state index contributed by atoms with van der Waals surface area (Å²) in [6.45, 7) is 4.53. The van der Waals surface area contributed by atoms with Crippen LogP contribution in [0.15, 0.2) is 18.2 Å². The summed E-state index contributed by atoms with van der Waals surface area (Å²) in [6.07, 6.45) is 2.47. The van der Waals surface area contributed by atoms with Crippen molar-refractivity contribution < 1.29 is 4.74 Å². The SMILES string of the molecule is Nc1ccc(OC2CCN(C3CNC3)CC2)cc1N. The van der Waals surface area contributed by atoms with Crippen LogP contribution in [0.25, 0.3) is 0 Å². The van der Waals surface area contributed by atoms with E-state index in [9.17, 15) is 0 Å². The van der Waals surface area contributed by atoms with Gasteiger partial charge in [-0.3, -0.25) is 4.90 Å². The quantitative estimate of drug-likeness (QED) is 0.698. The molecule has 2 fully saturated rings. The molecule has 3 rings (SSSR count). The first-order valence-corrected chi connectivity index (χ1v) is 6.99. The lowest BCUT2D eigenvalue weighted by Crippen LogP contribution is -2.59. The minimum atomic E-state index is 0.298. The molecule has 2 aliphatic rings. The van der Waals surface area contributed by atoms with E-state index in [4.69, 9.17) is 16.2 Å². The maximum absolute atomic E-state index is 5.99. The summed E-state index contributed by atoms with van der Waals surface area (Å²) in [5.41, 5.74) is 12.7. The fourth-order valence-corrected chi connectivity index (χ4v) is 2.71. The van der Waals surface area contributed by atoms with E-state index in [-0.39, 0.29) is 0 Å². The Morgan fingerprint density at radius 3 is 2.42 bits per heavy atom. The number of hydrogen-bond acceptors (Lipinski definition) is 5. The molecule has 2 aliphatic heterocycles. The molecule has 0 atom stereocenters. The van der Waals surface area contributed by atoms with Crippen molar-refractivity contribution >= 4 is 11.4 Å². The van der Waals surface area contributed by atoms with Crippen LogP contribution >= 0.6 is 0 Å². The number of piperidine rings is 1. The van der Waals surface area contributed by atoms with E-state index < -0.39 is 0 Å². The highest BCUT2D eigenvalue weighted by Crippen LogP contribution is 2.25. The van der Waals surface area contributed by atoms with Crippen LogP contribution in [-0.4, -0.2) is 43.2 Å². The number of rotatable bonds is 3. The summed E-state index contributed by atoms with van der Waals surface area (Å²) in [6, 6.07) is 6.26. The van der Waals surface area contributed by atoms with E-state index in [0.29, 0.717) is 17.5 Å². The molecule has 0 aromatic heterocycles. The Balaban J connectivity index is 1.52. The van der Waals surface area contributed by atoms with Gasteiger partial charge in [-0.05, 0) is 25.0 Å². The number of hydrogen-bond donors (Lipinski definition) is 3. The molecule has 0 bridgehead atoms. The monoisotopic (exact) mass is 262 g/mol. The van der Waals surface area contributed by atoms with Gasteiger partial charge in [-0.1, -0.05) is 0 Å². The van der Waals surface area contributed by atoms with E-state index in [1.807, 2.05) is 12.1 Å². The summed E-state index contributed by atoms with van der Waals surface area (Å²) >= 11 is 0. The van der Waals surface area contributed by atoms with Crippen LogP contribution in [0, 0.1) is 0 Å². The summed E-state index contributed by atoms with van der Waals surface area (Å²) in [4.78, 5) is 2.56. The van der Waals surface area contributed by atoms with Gasteiger partial charge in [-0.25, -0.2) is 0 Å². The Morgan fingerprint density at radius 1 is 1.11 bits per heavy atom. The number of nitrogens with one attached hydrogen (secondary N) is 1. The number of benzene rings is 1. The minimum absolute atomic E-state index is 0.298. The van der Waals surface area contributed by atoms with E-state index in [1.54, 1.807) is 6.07 Å². The minimum Gasteiger partial charge on any atom is -0.490 e. The van der Waals surface area contributed by atoms with Crippen molar-refractivity contribution in [2.75, 3.05) is 37.6 Å². The maximum atomic E-state index is 5.99. The Morgan fingerprint density at radius 2 is 1.84 bits per heavy atom. The number of nitrogens with two attached hydrogens (primary N) is 2. The second-order valence-corrected chi connectivity index (χ2v) is 5.46. The molecule has 5 N–H and O–H groups in total. The Hall–Kier alpha value is -1.46. The first kappa shape index (κ1) is 12.6. The van der Waals surface area contributed by atoms with Gasteiger partial charge in [0.1, 0.15) is 11.9 Å². The second kappa shape index (κ2) is 5.27. The lowest BCUT2D eigenvalue weighted by atomic mass is 10.0. The van der Waals surface area contributed by atoms with E-state index in [0.717, 1.165) is 50.8 Å². The van der Waals surface area contributed by atoms with Gasteiger partial charge in [0.15, 0.2) is 0 Å². The lowest BCUT2D eigenvalue weighted by Gasteiger charge is -2.42. The third kappa shape index (κ3) is 2.77. The molecule has 104 valence electrons. The lowest BCUT2D eigenvalue weighted by molar-refractivity contribution is 0.0583. The predicted molar refractivity (Wildman–Crippen MR) is 77.1 cm³/mol. The van der Waals surface area contributed by atoms with Crippen LogP contribution in [-0.2, 0) is 0 Å². The first-order chi connectivity index (χ1) is 9.22. The number of nitrogen functional groups attached to an aromatic ring is 2. The van der Waals surface area contributed by atoms with Gasteiger partial charge in [0, 0.05) is 38.3 Å². The molecule has 5 nitrogen and oxygen atoms in total. The zero-order chi connectivity index (χ0) is 13.2. The van der Waals surface area contributed by atoms with E-state index in [2.05, 4.69) is 10.2 Å². The van der Waals surface area contributed by atoms with Gasteiger partial charge >= 0.3 is 0 Å². The largest absolute Gasteiger partial charge is 0.490 e. The molecule has 0 saturated carbocycles. The molecule has 5 heteroatoms. The second-order valence-electron chi connectivity index (χ2n) is 5.46. The van der Waals surface area contributed by atoms with Gasteiger partial charge in [0.05, 0.1) is 11.4 Å². The fourth-order valence-electron chi connectivity index (χ4n) is 2.71. The van der Waals surface area contributed by atoms with Gasteiger partial charge in [0.25, 0.3) is 0 Å². The van der Waals surface area contributed by atoms with E-state index in [1.165, 1.54) is 0 Å². The number of nitrogens with zero attached hydrogens (tertiary/aromatic N) is 1. The molecule has 0 amide bonds. The van der Waals surface area contributed by atoms with Crippen molar-refractivity contribution in [3.8, 4) is 5.75 Å². The highest BCUT2D eigenvalue weighted by Gasteiger charge is 2.29. The third-order valence-corrected chi connectivity index (χ3v) is 4.11. The van der Waals surface area contributed by atoms with Crippen molar-refractivity contribution in [2.45, 2.75) is 25.0 Å². The molecule has 0 aliphatic carbocycles. The normalized spacial score (nSPS) is 22.1. The number of ether oxygens (including phenoxy) is 1. The van der Waals surface area contributed by atoms with Gasteiger partial charge in [-0.2, -0.15) is 0 Å². The van der Waals surface area contributed by atoms with Gasteiger partial charge < -0.3 is 21.5 Å². The Labute approximate surface area is 113 Å². The van der Waals surface area contributed by atoms with E-state index >= 15 is 0 Å². The molecule has 0 radical (unpaired) electrons. The Kier molecular flexibility index (Phi) is 3.48. The average molecular weight is 262 g/mol. The van der Waals surface area contributed by atoms with Crippen LogP contribution in [0.3, 0.4) is 0 Å². The van der Waals surface area contributed by atoms with Crippen molar-refractivity contribution in [1.29, 1.82) is 0 Å². The van der Waals surface area contributed by atoms with Crippen molar-refractivity contribution in [3.63, 3.8) is 0 Å². The molecular formula is C14H22N4O. The molecule has 19 heavy (non-hydrogen) atoms. The average Bonchev–Trinajstić information content (AvgIpc) is 2.34. The first-order valence-electron chi connectivity index (χ1n) is 6.99. The third-order valence-electron chi connectivity index (χ3n) is 4.11. The number of likely N-dealkylation sites (tertiary alicyclic amines) is 1. The van der Waals surface area contributed by atoms with Crippen molar-refractivity contribution in [3.05, 3.63) is 18.2 Å². The molecule has 1 aromatic carbocycles.